The third kappa shape index (κ3) is 2.22. The average Bonchev–Trinajstić information content (AvgIpc) is 2.66. The maximum absolute atomic E-state index is 12.1. The Morgan fingerprint density at radius 1 is 1.18 bits per heavy atom. The van der Waals surface area contributed by atoms with E-state index in [0.29, 0.717) is 10.8 Å². The largest absolute Gasteiger partial charge is 0.272 e. The molecule has 6 heteroatoms. The van der Waals surface area contributed by atoms with Crippen molar-refractivity contribution in [3.8, 4) is 0 Å². The lowest BCUT2D eigenvalue weighted by Gasteiger charge is -2.17. The fourth-order valence-electron chi connectivity index (χ4n) is 2.58. The van der Waals surface area contributed by atoms with Gasteiger partial charge in [0.05, 0.1) is 10.5 Å². The Morgan fingerprint density at radius 3 is 2.45 bits per heavy atom. The number of hydrogen-bond donors (Lipinski definition) is 1. The Balaban J connectivity index is 2.00. The number of rotatable bonds is 2. The molecule has 3 rings (SSSR count). The van der Waals surface area contributed by atoms with Gasteiger partial charge in [-0.05, 0) is 12.5 Å². The summed E-state index contributed by atoms with van der Waals surface area (Å²) < 4.78 is 0. The first kappa shape index (κ1) is 14.8. The molecule has 2 amide bonds. The van der Waals surface area contributed by atoms with E-state index in [1.165, 1.54) is 0 Å². The summed E-state index contributed by atoms with van der Waals surface area (Å²) in [5.41, 5.74) is 4.52. The minimum atomic E-state index is -0.335. The monoisotopic (exact) mass is 317 g/mol. The van der Waals surface area contributed by atoms with Crippen molar-refractivity contribution >= 4 is 40.1 Å². The van der Waals surface area contributed by atoms with Gasteiger partial charge in [0.2, 0.25) is 0 Å². The van der Waals surface area contributed by atoms with Gasteiger partial charge < -0.3 is 0 Å². The number of aromatic nitrogens is 1. The molecule has 0 saturated carbocycles. The van der Waals surface area contributed by atoms with Gasteiger partial charge in [0.15, 0.2) is 0 Å². The number of hydrogen-bond acceptors (Lipinski definition) is 4. The van der Waals surface area contributed by atoms with E-state index in [4.69, 9.17) is 11.6 Å². The van der Waals surface area contributed by atoms with Crippen LogP contribution in [0.15, 0.2) is 24.3 Å². The lowest BCUT2D eigenvalue weighted by Crippen LogP contribution is -2.36. The molecule has 0 aliphatic carbocycles. The van der Waals surface area contributed by atoms with E-state index in [0.717, 1.165) is 21.5 Å². The standard InChI is InChI=1S/C16H16ClN3O2/c1-8-5-4-6-11-12(17)7-13(18-14(8)11)19-20-15(21)9(2)10(3)16(20)22/h4-7,9-10H,1-3H3,(H,18,19). The number of fused-ring (bicyclic) bond motifs is 1. The molecule has 2 atom stereocenters. The highest BCUT2D eigenvalue weighted by Crippen LogP contribution is 2.29. The van der Waals surface area contributed by atoms with E-state index < -0.39 is 0 Å². The summed E-state index contributed by atoms with van der Waals surface area (Å²) in [7, 11) is 0. The lowest BCUT2D eigenvalue weighted by molar-refractivity contribution is -0.138. The number of anilines is 1. The van der Waals surface area contributed by atoms with E-state index in [1.807, 2.05) is 25.1 Å². The van der Waals surface area contributed by atoms with Crippen LogP contribution in [-0.2, 0) is 9.59 Å². The number of nitrogens with one attached hydrogen (secondary N) is 1. The topological polar surface area (TPSA) is 62.3 Å². The fraction of sp³-hybridized carbons (Fsp3) is 0.312. The first-order valence-electron chi connectivity index (χ1n) is 7.10. The van der Waals surface area contributed by atoms with E-state index in [9.17, 15) is 9.59 Å². The number of hydrazine groups is 1. The van der Waals surface area contributed by atoms with Crippen molar-refractivity contribution in [1.29, 1.82) is 0 Å². The van der Waals surface area contributed by atoms with Gasteiger partial charge in [-0.15, -0.1) is 0 Å². The quantitative estimate of drug-likeness (QED) is 0.864. The number of aryl methyl sites for hydroxylation is 1. The van der Waals surface area contributed by atoms with Crippen molar-refractivity contribution < 1.29 is 9.59 Å². The number of para-hydroxylation sites is 1. The molecule has 114 valence electrons. The summed E-state index contributed by atoms with van der Waals surface area (Å²) in [6.07, 6.45) is 0. The Hall–Kier alpha value is -2.14. The van der Waals surface area contributed by atoms with Crippen LogP contribution in [0.3, 0.4) is 0 Å². The molecule has 1 aliphatic heterocycles. The number of pyridine rings is 1. The summed E-state index contributed by atoms with van der Waals surface area (Å²) in [6, 6.07) is 7.36. The number of nitrogens with zero attached hydrogens (tertiary/aromatic N) is 2. The molecule has 2 unspecified atom stereocenters. The Kier molecular flexibility index (Phi) is 3.53. The molecule has 2 heterocycles. The molecular formula is C16H16ClN3O2. The van der Waals surface area contributed by atoms with Crippen molar-refractivity contribution in [2.45, 2.75) is 20.8 Å². The van der Waals surface area contributed by atoms with Gasteiger partial charge in [-0.1, -0.05) is 43.6 Å². The Labute approximate surface area is 133 Å². The van der Waals surface area contributed by atoms with Crippen LogP contribution in [0, 0.1) is 18.8 Å². The number of imide groups is 1. The van der Waals surface area contributed by atoms with Crippen molar-refractivity contribution in [2.75, 3.05) is 5.43 Å². The highest BCUT2D eigenvalue weighted by Gasteiger charge is 2.42. The number of carbonyl (C=O) groups is 2. The van der Waals surface area contributed by atoms with Gasteiger partial charge in [0, 0.05) is 23.3 Å². The molecule has 22 heavy (non-hydrogen) atoms. The van der Waals surface area contributed by atoms with Crippen LogP contribution in [0.1, 0.15) is 19.4 Å². The molecular weight excluding hydrogens is 302 g/mol. The zero-order chi connectivity index (χ0) is 16.0. The maximum Gasteiger partial charge on any atom is 0.251 e. The molecule has 1 aliphatic rings. The first-order valence-corrected chi connectivity index (χ1v) is 7.48. The van der Waals surface area contributed by atoms with Crippen LogP contribution < -0.4 is 5.43 Å². The normalized spacial score (nSPS) is 21.7. The van der Waals surface area contributed by atoms with Gasteiger partial charge in [-0.3, -0.25) is 15.0 Å². The fourth-order valence-corrected chi connectivity index (χ4v) is 2.83. The predicted octanol–water partition coefficient (Wildman–Crippen LogP) is 3.16. The first-order chi connectivity index (χ1) is 10.4. The number of benzene rings is 1. The van der Waals surface area contributed by atoms with Gasteiger partial charge in [-0.25, -0.2) is 4.98 Å². The van der Waals surface area contributed by atoms with Gasteiger partial charge in [0.25, 0.3) is 11.8 Å². The summed E-state index contributed by atoms with van der Waals surface area (Å²) >= 11 is 6.28. The smallest absolute Gasteiger partial charge is 0.251 e. The number of carbonyl (C=O) groups excluding carboxylic acids is 2. The second-order valence-electron chi connectivity index (χ2n) is 5.66. The SMILES string of the molecule is Cc1cccc2c(Cl)cc(NN3C(=O)C(C)C(C)C3=O)nc12. The Morgan fingerprint density at radius 2 is 1.82 bits per heavy atom. The second kappa shape index (κ2) is 5.25. The Bertz CT molecular complexity index is 770. The summed E-state index contributed by atoms with van der Waals surface area (Å²) in [4.78, 5) is 28.7. The van der Waals surface area contributed by atoms with Gasteiger partial charge in [0.1, 0.15) is 5.82 Å². The number of halogens is 1. The summed E-state index contributed by atoms with van der Waals surface area (Å²) in [5.74, 6) is -0.786. The minimum absolute atomic E-state index is 0.250. The van der Waals surface area contributed by atoms with Crippen LogP contribution in [0.2, 0.25) is 5.02 Å². The average molecular weight is 318 g/mol. The maximum atomic E-state index is 12.1. The predicted molar refractivity (Wildman–Crippen MR) is 85.3 cm³/mol. The minimum Gasteiger partial charge on any atom is -0.272 e. The molecule has 1 saturated heterocycles. The molecule has 0 spiro atoms. The van der Waals surface area contributed by atoms with Gasteiger partial charge >= 0.3 is 0 Å². The lowest BCUT2D eigenvalue weighted by atomic mass is 10.00. The van der Waals surface area contributed by atoms with Crippen molar-refractivity contribution in [3.05, 3.63) is 34.9 Å². The molecule has 0 bridgehead atoms. The number of amides is 2. The van der Waals surface area contributed by atoms with E-state index in [-0.39, 0.29) is 23.7 Å². The molecule has 5 nitrogen and oxygen atoms in total. The van der Waals surface area contributed by atoms with Crippen LogP contribution in [0.5, 0.6) is 0 Å². The van der Waals surface area contributed by atoms with Gasteiger partial charge in [-0.2, -0.15) is 5.01 Å². The zero-order valence-corrected chi connectivity index (χ0v) is 13.3. The molecule has 1 fully saturated rings. The van der Waals surface area contributed by atoms with Crippen molar-refractivity contribution in [2.24, 2.45) is 11.8 Å². The van der Waals surface area contributed by atoms with Crippen molar-refractivity contribution in [1.82, 2.24) is 9.99 Å². The molecule has 2 aromatic rings. The highest BCUT2D eigenvalue weighted by atomic mass is 35.5. The summed E-state index contributed by atoms with van der Waals surface area (Å²) in [6.45, 7) is 5.43. The molecule has 1 aromatic carbocycles. The molecule has 1 aromatic heterocycles. The zero-order valence-electron chi connectivity index (χ0n) is 12.6. The molecule has 0 radical (unpaired) electrons. The van der Waals surface area contributed by atoms with Crippen LogP contribution in [0.4, 0.5) is 5.82 Å². The van der Waals surface area contributed by atoms with Crippen LogP contribution >= 0.6 is 11.6 Å². The van der Waals surface area contributed by atoms with E-state index in [2.05, 4.69) is 10.4 Å². The third-order valence-corrected chi connectivity index (χ3v) is 4.50. The van der Waals surface area contributed by atoms with Crippen molar-refractivity contribution in [3.63, 3.8) is 0 Å². The third-order valence-electron chi connectivity index (χ3n) is 4.19. The van der Waals surface area contributed by atoms with E-state index >= 15 is 0 Å². The summed E-state index contributed by atoms with van der Waals surface area (Å²) in [5, 5.41) is 2.40. The second-order valence-corrected chi connectivity index (χ2v) is 6.07. The molecule has 1 N–H and O–H groups in total. The highest BCUT2D eigenvalue weighted by molar-refractivity contribution is 6.35. The van der Waals surface area contributed by atoms with E-state index in [1.54, 1.807) is 19.9 Å². The van der Waals surface area contributed by atoms with Crippen LogP contribution in [-0.4, -0.2) is 21.8 Å². The van der Waals surface area contributed by atoms with Crippen LogP contribution in [0.25, 0.3) is 10.9 Å².